The number of aromatic nitrogens is 1. The zero-order valence-electron chi connectivity index (χ0n) is 17.1. The predicted molar refractivity (Wildman–Crippen MR) is 130 cm³/mol. The number of benzene rings is 1. The SMILES string of the molecule is CN(C)C1CN(c2nc3c(F)c(Br)c(I)cc3c(NC3C4CC3N(C(=O)O)C4)c2N)C1. The molecular weight excluding hydrogens is 582 g/mol. The fraction of sp³-hybridized carbons (Fsp3) is 0.500. The standard InChI is InChI=1S/C20H23BrFIN6O2/c1-27(2)9-6-28(7-9)19-15(24)18(10-4-11(23)13(21)14(22)17(10)26-19)25-16-8-3-12(16)29(5-8)20(30)31/h4,8-9,12,16H,3,5-7,24H2,1-2H3,(H,25,26)(H,30,31). The van der Waals surface area contributed by atoms with E-state index < -0.39 is 11.9 Å². The lowest BCUT2D eigenvalue weighted by Gasteiger charge is -2.44. The van der Waals surface area contributed by atoms with Gasteiger partial charge in [0.1, 0.15) is 5.52 Å². The lowest BCUT2D eigenvalue weighted by molar-refractivity contribution is 0.140. The number of nitrogen functional groups attached to an aromatic ring is 1. The van der Waals surface area contributed by atoms with E-state index in [1.54, 1.807) is 0 Å². The lowest BCUT2D eigenvalue weighted by Crippen LogP contribution is -2.58. The number of pyridine rings is 1. The Hall–Kier alpha value is -1.60. The fourth-order valence-corrected chi connectivity index (χ4v) is 5.73. The van der Waals surface area contributed by atoms with E-state index in [2.05, 4.69) is 58.6 Å². The summed E-state index contributed by atoms with van der Waals surface area (Å²) in [5.74, 6) is 0.384. The van der Waals surface area contributed by atoms with Crippen LogP contribution in [0.5, 0.6) is 0 Å². The number of rotatable bonds is 4. The number of nitrogens with two attached hydrogens (primary N) is 1. The quantitative estimate of drug-likeness (QED) is 0.364. The third-order valence-corrected chi connectivity index (χ3v) is 9.25. The molecule has 1 aliphatic carbocycles. The molecule has 3 atom stereocenters. The molecule has 4 heterocycles. The predicted octanol–water partition coefficient (Wildman–Crippen LogP) is 3.24. The molecule has 4 aliphatic rings. The Kier molecular flexibility index (Phi) is 5.13. The van der Waals surface area contributed by atoms with Crippen LogP contribution in [-0.4, -0.2) is 77.8 Å². The summed E-state index contributed by atoms with van der Waals surface area (Å²) in [4.78, 5) is 21.8. The van der Waals surface area contributed by atoms with E-state index in [0.717, 1.165) is 23.1 Å². The maximum absolute atomic E-state index is 15.2. The lowest BCUT2D eigenvalue weighted by atomic mass is 9.79. The molecule has 0 spiro atoms. The third-order valence-electron chi connectivity index (χ3n) is 6.88. The minimum Gasteiger partial charge on any atom is -0.465 e. The van der Waals surface area contributed by atoms with Gasteiger partial charge in [-0.05, 0) is 65.1 Å². The molecule has 1 aromatic heterocycles. The summed E-state index contributed by atoms with van der Waals surface area (Å²) < 4.78 is 16.3. The first-order chi connectivity index (χ1) is 14.7. The summed E-state index contributed by atoms with van der Waals surface area (Å²) in [6.07, 6.45) is -0.0572. The van der Waals surface area contributed by atoms with Crippen molar-refractivity contribution in [2.75, 3.05) is 49.7 Å². The van der Waals surface area contributed by atoms with Gasteiger partial charge >= 0.3 is 6.09 Å². The van der Waals surface area contributed by atoms with Gasteiger partial charge in [-0.2, -0.15) is 0 Å². The monoisotopic (exact) mass is 604 g/mol. The summed E-state index contributed by atoms with van der Waals surface area (Å²) in [6.45, 7) is 2.05. The second-order valence-electron chi connectivity index (χ2n) is 8.80. The minimum atomic E-state index is -0.898. The Bertz CT molecular complexity index is 1100. The van der Waals surface area contributed by atoms with Gasteiger partial charge in [0.05, 0.1) is 27.9 Å². The van der Waals surface area contributed by atoms with E-state index in [9.17, 15) is 9.90 Å². The third kappa shape index (κ3) is 3.22. The molecule has 6 rings (SSSR count). The molecule has 2 bridgehead atoms. The van der Waals surface area contributed by atoms with Crippen LogP contribution in [0.1, 0.15) is 6.42 Å². The topological polar surface area (TPSA) is 98.0 Å². The van der Waals surface area contributed by atoms with Crippen molar-refractivity contribution >= 4 is 72.7 Å². The van der Waals surface area contributed by atoms with E-state index in [1.807, 2.05) is 20.2 Å². The molecule has 1 saturated carbocycles. The average molecular weight is 605 g/mol. The van der Waals surface area contributed by atoms with Crippen molar-refractivity contribution in [3.63, 3.8) is 0 Å². The van der Waals surface area contributed by atoms with Gasteiger partial charge in [0.15, 0.2) is 11.6 Å². The van der Waals surface area contributed by atoms with Gasteiger partial charge in [0, 0.05) is 40.6 Å². The molecule has 3 unspecified atom stereocenters. The number of nitrogens with zero attached hydrogens (tertiary/aromatic N) is 4. The van der Waals surface area contributed by atoms with Gasteiger partial charge in [-0.3, -0.25) is 0 Å². The molecule has 1 aromatic carbocycles. The average Bonchev–Trinajstić information content (AvgIpc) is 3.25. The van der Waals surface area contributed by atoms with Crippen molar-refractivity contribution in [3.05, 3.63) is 19.9 Å². The summed E-state index contributed by atoms with van der Waals surface area (Å²) in [5, 5.41) is 13.6. The summed E-state index contributed by atoms with van der Waals surface area (Å²) >= 11 is 5.41. The molecule has 31 heavy (non-hydrogen) atoms. The van der Waals surface area contributed by atoms with Crippen molar-refractivity contribution in [1.29, 1.82) is 0 Å². The van der Waals surface area contributed by atoms with Crippen LogP contribution in [0.4, 0.5) is 26.4 Å². The number of amides is 1. The normalized spacial score (nSPS) is 25.2. The first-order valence-electron chi connectivity index (χ1n) is 10.1. The first kappa shape index (κ1) is 21.3. The van der Waals surface area contributed by atoms with E-state index in [0.29, 0.717) is 39.6 Å². The molecule has 4 N–H and O–H groups in total. The molecule has 166 valence electrons. The van der Waals surface area contributed by atoms with E-state index in [4.69, 9.17) is 5.73 Å². The van der Waals surface area contributed by atoms with Gasteiger partial charge < -0.3 is 30.9 Å². The van der Waals surface area contributed by atoms with Crippen LogP contribution in [0, 0.1) is 15.3 Å². The number of hydrogen-bond acceptors (Lipinski definition) is 6. The molecule has 11 heteroatoms. The molecule has 0 radical (unpaired) electrons. The van der Waals surface area contributed by atoms with E-state index >= 15 is 4.39 Å². The van der Waals surface area contributed by atoms with Crippen molar-refractivity contribution in [1.82, 2.24) is 14.8 Å². The van der Waals surface area contributed by atoms with Crippen LogP contribution in [0.3, 0.4) is 0 Å². The van der Waals surface area contributed by atoms with E-state index in [1.165, 1.54) is 4.90 Å². The number of hydrogen-bond donors (Lipinski definition) is 3. The van der Waals surface area contributed by atoms with Crippen LogP contribution < -0.4 is 16.0 Å². The Labute approximate surface area is 201 Å². The fourth-order valence-electron chi connectivity index (χ4n) is 4.88. The van der Waals surface area contributed by atoms with Crippen LogP contribution in [0.25, 0.3) is 10.9 Å². The zero-order chi connectivity index (χ0) is 22.2. The maximum atomic E-state index is 15.2. The first-order valence-corrected chi connectivity index (χ1v) is 12.0. The molecule has 3 saturated heterocycles. The second kappa shape index (κ2) is 7.48. The Morgan fingerprint density at radius 3 is 2.74 bits per heavy atom. The Morgan fingerprint density at radius 1 is 1.42 bits per heavy atom. The van der Waals surface area contributed by atoms with Crippen molar-refractivity contribution in [2.24, 2.45) is 5.92 Å². The number of nitrogens with one attached hydrogen (secondary N) is 1. The van der Waals surface area contributed by atoms with Crippen molar-refractivity contribution in [2.45, 2.75) is 24.5 Å². The molecule has 4 fully saturated rings. The van der Waals surface area contributed by atoms with Crippen LogP contribution in [0.2, 0.25) is 0 Å². The number of fused-ring (bicyclic) bond motifs is 2. The number of likely N-dealkylation sites (N-methyl/N-ethyl adjacent to an activating group) is 1. The van der Waals surface area contributed by atoms with Crippen LogP contribution in [-0.2, 0) is 0 Å². The number of anilines is 3. The highest BCUT2D eigenvalue weighted by Crippen LogP contribution is 2.46. The summed E-state index contributed by atoms with van der Waals surface area (Å²) in [7, 11) is 4.07. The van der Waals surface area contributed by atoms with Crippen LogP contribution in [0.15, 0.2) is 10.5 Å². The summed E-state index contributed by atoms with van der Waals surface area (Å²) in [5.41, 5.74) is 7.99. The van der Waals surface area contributed by atoms with Gasteiger partial charge in [0.2, 0.25) is 0 Å². The van der Waals surface area contributed by atoms with Crippen LogP contribution >= 0.6 is 38.5 Å². The molecule has 3 aliphatic heterocycles. The minimum absolute atomic E-state index is 0.0351. The highest BCUT2D eigenvalue weighted by molar-refractivity contribution is 14.1. The number of carbonyl (C=O) groups is 1. The van der Waals surface area contributed by atoms with Crippen molar-refractivity contribution < 1.29 is 14.3 Å². The smallest absolute Gasteiger partial charge is 0.407 e. The highest BCUT2D eigenvalue weighted by Gasteiger charge is 2.54. The van der Waals surface area contributed by atoms with Crippen molar-refractivity contribution in [3.8, 4) is 0 Å². The van der Waals surface area contributed by atoms with Gasteiger partial charge in [-0.25, -0.2) is 14.2 Å². The largest absolute Gasteiger partial charge is 0.465 e. The summed E-state index contributed by atoms with van der Waals surface area (Å²) in [6, 6.07) is 2.14. The molecular formula is C20H23BrFIN6O2. The number of halogens is 3. The number of carboxylic acid groups (broad SMARTS) is 1. The van der Waals surface area contributed by atoms with Gasteiger partial charge in [-0.15, -0.1) is 0 Å². The molecule has 1 amide bonds. The van der Waals surface area contributed by atoms with Gasteiger partial charge in [-0.1, -0.05) is 0 Å². The second-order valence-corrected chi connectivity index (χ2v) is 10.8. The molecule has 8 nitrogen and oxygen atoms in total. The Balaban J connectivity index is 1.57. The molecule has 2 aromatic rings. The highest BCUT2D eigenvalue weighted by atomic mass is 127. The van der Waals surface area contributed by atoms with Gasteiger partial charge in [0.25, 0.3) is 0 Å². The zero-order valence-corrected chi connectivity index (χ0v) is 20.8. The van der Waals surface area contributed by atoms with E-state index in [-0.39, 0.29) is 23.5 Å². The maximum Gasteiger partial charge on any atom is 0.407 e. The Morgan fingerprint density at radius 2 is 2.13 bits per heavy atom.